The third kappa shape index (κ3) is 2.04. The van der Waals surface area contributed by atoms with Crippen molar-refractivity contribution in [1.82, 2.24) is 30.0 Å². The SMILES string of the molecule is COC(C)(c1cccc2ncc(-c3nn[nH]n3)n12)P(=O)(O)O. The topological polar surface area (TPSA) is 139 Å². The molecule has 0 saturated carbocycles. The first kappa shape index (κ1) is 14.8. The van der Waals surface area contributed by atoms with Crippen LogP contribution in [0, 0.1) is 0 Å². The van der Waals surface area contributed by atoms with Gasteiger partial charge in [0.15, 0.2) is 0 Å². The lowest BCUT2D eigenvalue weighted by atomic mass is 10.2. The number of hydrogen-bond donors (Lipinski definition) is 3. The number of nitrogens with zero attached hydrogens (tertiary/aromatic N) is 5. The summed E-state index contributed by atoms with van der Waals surface area (Å²) in [5, 5.41) is 11.7. The molecular formula is C11H13N6O4P. The van der Waals surface area contributed by atoms with Gasteiger partial charge in [0.1, 0.15) is 11.3 Å². The van der Waals surface area contributed by atoms with Crippen molar-refractivity contribution in [2.75, 3.05) is 7.11 Å². The van der Waals surface area contributed by atoms with E-state index >= 15 is 0 Å². The number of hydrogen-bond acceptors (Lipinski definition) is 6. The van der Waals surface area contributed by atoms with Gasteiger partial charge in [0.25, 0.3) is 0 Å². The Morgan fingerprint density at radius 3 is 2.77 bits per heavy atom. The molecule has 0 aliphatic carbocycles. The smallest absolute Gasteiger partial charge is 0.360 e. The van der Waals surface area contributed by atoms with E-state index in [-0.39, 0.29) is 11.5 Å². The van der Waals surface area contributed by atoms with Crippen LogP contribution in [-0.4, -0.2) is 46.9 Å². The summed E-state index contributed by atoms with van der Waals surface area (Å²) in [5.41, 5.74) is 1.16. The zero-order valence-corrected chi connectivity index (χ0v) is 12.6. The standard InChI is InChI=1S/C11H13N6O4P/c1-11(21-2,22(18,19)20)8-4-3-5-9-12-6-7(17(8)9)10-13-15-16-14-10/h3-6H,1-2H3,(H2,18,19,20)(H,13,14,15,16). The van der Waals surface area contributed by atoms with Crippen molar-refractivity contribution in [3.05, 3.63) is 30.1 Å². The lowest BCUT2D eigenvalue weighted by Gasteiger charge is -2.30. The molecule has 3 aromatic rings. The van der Waals surface area contributed by atoms with E-state index in [1.165, 1.54) is 24.6 Å². The summed E-state index contributed by atoms with van der Waals surface area (Å²) < 4.78 is 18.6. The van der Waals surface area contributed by atoms with E-state index in [1.54, 1.807) is 18.2 Å². The van der Waals surface area contributed by atoms with E-state index in [0.29, 0.717) is 11.3 Å². The van der Waals surface area contributed by atoms with Gasteiger partial charge in [-0.15, -0.1) is 10.2 Å². The normalized spacial score (nSPS) is 15.1. The van der Waals surface area contributed by atoms with Crippen molar-refractivity contribution in [3.8, 4) is 11.5 Å². The second kappa shape index (κ2) is 4.96. The number of methoxy groups -OCH3 is 1. The van der Waals surface area contributed by atoms with Gasteiger partial charge in [0.2, 0.25) is 11.2 Å². The van der Waals surface area contributed by atoms with Crippen molar-refractivity contribution in [1.29, 1.82) is 0 Å². The number of aromatic amines is 1. The van der Waals surface area contributed by atoms with Crippen LogP contribution in [0.25, 0.3) is 17.2 Å². The zero-order chi connectivity index (χ0) is 16.0. The lowest BCUT2D eigenvalue weighted by molar-refractivity contribution is 0.0461. The third-order valence-electron chi connectivity index (χ3n) is 3.53. The third-order valence-corrected chi connectivity index (χ3v) is 5.06. The van der Waals surface area contributed by atoms with Crippen molar-refractivity contribution >= 4 is 13.2 Å². The van der Waals surface area contributed by atoms with Crippen molar-refractivity contribution in [3.63, 3.8) is 0 Å². The van der Waals surface area contributed by atoms with Crippen LogP contribution < -0.4 is 0 Å². The van der Waals surface area contributed by atoms with Crippen LogP contribution in [-0.2, 0) is 14.6 Å². The van der Waals surface area contributed by atoms with Gasteiger partial charge >= 0.3 is 7.60 Å². The van der Waals surface area contributed by atoms with Gasteiger partial charge in [0.05, 0.1) is 11.9 Å². The molecule has 22 heavy (non-hydrogen) atoms. The van der Waals surface area contributed by atoms with Crippen LogP contribution in [0.4, 0.5) is 0 Å². The molecule has 3 heterocycles. The van der Waals surface area contributed by atoms with Crippen LogP contribution in [0.5, 0.6) is 0 Å². The fourth-order valence-corrected chi connectivity index (χ4v) is 2.91. The quantitative estimate of drug-likeness (QED) is 0.590. The van der Waals surface area contributed by atoms with E-state index in [1.807, 2.05) is 0 Å². The number of H-pyrrole nitrogens is 1. The van der Waals surface area contributed by atoms with Gasteiger partial charge in [-0.25, -0.2) is 4.98 Å². The number of fused-ring (bicyclic) bond motifs is 1. The van der Waals surface area contributed by atoms with Gasteiger partial charge in [-0.3, -0.25) is 8.97 Å². The average molecular weight is 324 g/mol. The molecule has 0 spiro atoms. The molecule has 1 unspecified atom stereocenters. The van der Waals surface area contributed by atoms with E-state index in [9.17, 15) is 14.4 Å². The van der Waals surface area contributed by atoms with Crippen LogP contribution >= 0.6 is 7.60 Å². The predicted octanol–water partition coefficient (Wildman–Crippen LogP) is 0.511. The molecule has 3 aromatic heterocycles. The minimum atomic E-state index is -4.62. The maximum Gasteiger partial charge on any atom is 0.362 e. The Morgan fingerprint density at radius 2 is 2.18 bits per heavy atom. The molecule has 3 rings (SSSR count). The largest absolute Gasteiger partial charge is 0.362 e. The van der Waals surface area contributed by atoms with Crippen molar-refractivity contribution in [2.24, 2.45) is 0 Å². The molecule has 0 aromatic carbocycles. The summed E-state index contributed by atoms with van der Waals surface area (Å²) in [6, 6.07) is 4.90. The number of pyridine rings is 1. The number of imidazole rings is 1. The molecule has 10 nitrogen and oxygen atoms in total. The van der Waals surface area contributed by atoms with Crippen molar-refractivity contribution in [2.45, 2.75) is 12.3 Å². The second-order valence-electron chi connectivity index (χ2n) is 4.71. The summed E-state index contributed by atoms with van der Waals surface area (Å²) in [6.07, 6.45) is 1.50. The summed E-state index contributed by atoms with van der Waals surface area (Å²) in [4.78, 5) is 23.6. The highest BCUT2D eigenvalue weighted by Crippen LogP contribution is 2.57. The second-order valence-corrected chi connectivity index (χ2v) is 6.66. The Hall–Kier alpha value is -2.13. The minimum absolute atomic E-state index is 0.234. The van der Waals surface area contributed by atoms with Crippen LogP contribution in [0.15, 0.2) is 24.4 Å². The monoisotopic (exact) mass is 324 g/mol. The molecule has 0 aliphatic heterocycles. The van der Waals surface area contributed by atoms with Gasteiger partial charge in [-0.2, -0.15) is 5.21 Å². The highest BCUT2D eigenvalue weighted by molar-refractivity contribution is 7.52. The minimum Gasteiger partial charge on any atom is -0.360 e. The first-order chi connectivity index (χ1) is 10.4. The zero-order valence-electron chi connectivity index (χ0n) is 11.7. The molecule has 0 bridgehead atoms. The van der Waals surface area contributed by atoms with Gasteiger partial charge in [-0.1, -0.05) is 6.07 Å². The Balaban J connectivity index is 2.36. The molecule has 3 N–H and O–H groups in total. The highest BCUT2D eigenvalue weighted by Gasteiger charge is 2.46. The first-order valence-electron chi connectivity index (χ1n) is 6.20. The van der Waals surface area contributed by atoms with Crippen molar-refractivity contribution < 1.29 is 19.1 Å². The predicted molar refractivity (Wildman–Crippen MR) is 74.8 cm³/mol. The van der Waals surface area contributed by atoms with Gasteiger partial charge < -0.3 is 14.5 Å². The van der Waals surface area contributed by atoms with Crippen LogP contribution in [0.2, 0.25) is 0 Å². The summed E-state index contributed by atoms with van der Waals surface area (Å²) in [6.45, 7) is 1.32. The Labute approximate surface area is 124 Å². The number of aromatic nitrogens is 6. The summed E-state index contributed by atoms with van der Waals surface area (Å²) in [5.74, 6) is 0.254. The van der Waals surface area contributed by atoms with Gasteiger partial charge in [0, 0.05) is 7.11 Å². The summed E-state index contributed by atoms with van der Waals surface area (Å²) >= 11 is 0. The molecule has 0 saturated heterocycles. The Morgan fingerprint density at radius 1 is 1.41 bits per heavy atom. The molecule has 0 radical (unpaired) electrons. The van der Waals surface area contributed by atoms with E-state index < -0.39 is 12.9 Å². The number of nitrogens with one attached hydrogen (secondary N) is 1. The molecule has 1 atom stereocenters. The fourth-order valence-electron chi connectivity index (χ4n) is 2.20. The average Bonchev–Trinajstić information content (AvgIpc) is 3.13. The summed E-state index contributed by atoms with van der Waals surface area (Å²) in [7, 11) is -3.38. The highest BCUT2D eigenvalue weighted by atomic mass is 31.2. The molecule has 0 aliphatic rings. The first-order valence-corrected chi connectivity index (χ1v) is 7.81. The van der Waals surface area contributed by atoms with E-state index in [0.717, 1.165) is 0 Å². The maximum atomic E-state index is 11.9. The van der Waals surface area contributed by atoms with E-state index in [4.69, 9.17) is 4.74 Å². The fraction of sp³-hybridized carbons (Fsp3) is 0.273. The Kier molecular flexibility index (Phi) is 3.33. The molecular weight excluding hydrogens is 311 g/mol. The molecule has 116 valence electrons. The number of tetrazole rings is 1. The Bertz CT molecular complexity index is 857. The van der Waals surface area contributed by atoms with E-state index in [2.05, 4.69) is 25.6 Å². The van der Waals surface area contributed by atoms with Crippen LogP contribution in [0.3, 0.4) is 0 Å². The lowest BCUT2D eigenvalue weighted by Crippen LogP contribution is -2.27. The number of ether oxygens (including phenoxy) is 1. The molecule has 0 fully saturated rings. The molecule has 11 heteroatoms. The molecule has 0 amide bonds. The maximum absolute atomic E-state index is 11.9. The van der Waals surface area contributed by atoms with Crippen LogP contribution in [0.1, 0.15) is 12.6 Å². The number of rotatable bonds is 4. The van der Waals surface area contributed by atoms with Gasteiger partial charge in [-0.05, 0) is 24.3 Å².